The van der Waals surface area contributed by atoms with Crippen LogP contribution in [0.2, 0.25) is 0 Å². The number of ether oxygens (including phenoxy) is 1. The molecule has 1 fully saturated rings. The van der Waals surface area contributed by atoms with Crippen LogP contribution in [0.3, 0.4) is 0 Å². The lowest BCUT2D eigenvalue weighted by atomic mass is 10.1. The van der Waals surface area contributed by atoms with Gasteiger partial charge in [-0.3, -0.25) is 0 Å². The summed E-state index contributed by atoms with van der Waals surface area (Å²) in [6.45, 7) is 4.63. The van der Waals surface area contributed by atoms with Gasteiger partial charge in [-0.15, -0.1) is 0 Å². The Balaban J connectivity index is 1.16. The van der Waals surface area contributed by atoms with Crippen LogP contribution in [0.25, 0.3) is 0 Å². The molecule has 38 heavy (non-hydrogen) atoms. The zero-order valence-electron chi connectivity index (χ0n) is 22.2. The standard InChI is InChI=1S/C28H36N6O3S/c1-3-4-5-6-7-21-18-29-28(30-19-21)33-13-11-23(12-14-33)37-27-17-26(31-20-32-27)34-15-10-22-16-24(38(2,35)36)8-9-25(22)34/h8-9,16-20,23H,3-7,10-15H2,1-2H3. The minimum Gasteiger partial charge on any atom is -0.474 e. The van der Waals surface area contributed by atoms with Gasteiger partial charge < -0.3 is 14.5 Å². The molecule has 1 saturated heterocycles. The Bertz CT molecular complexity index is 1340. The van der Waals surface area contributed by atoms with E-state index in [9.17, 15) is 8.42 Å². The zero-order valence-corrected chi connectivity index (χ0v) is 23.0. The highest BCUT2D eigenvalue weighted by molar-refractivity contribution is 7.90. The van der Waals surface area contributed by atoms with Crippen molar-refractivity contribution >= 4 is 27.3 Å². The molecule has 10 heteroatoms. The van der Waals surface area contributed by atoms with Gasteiger partial charge in [0.25, 0.3) is 0 Å². The summed E-state index contributed by atoms with van der Waals surface area (Å²) in [6, 6.07) is 7.15. The lowest BCUT2D eigenvalue weighted by Crippen LogP contribution is -2.39. The van der Waals surface area contributed by atoms with Gasteiger partial charge in [-0.1, -0.05) is 26.2 Å². The first-order chi connectivity index (χ1) is 18.4. The lowest BCUT2D eigenvalue weighted by molar-refractivity contribution is 0.163. The van der Waals surface area contributed by atoms with Gasteiger partial charge in [-0.2, -0.15) is 0 Å². The first-order valence-electron chi connectivity index (χ1n) is 13.6. The van der Waals surface area contributed by atoms with Crippen molar-refractivity contribution in [1.29, 1.82) is 0 Å². The summed E-state index contributed by atoms with van der Waals surface area (Å²) in [5.74, 6) is 2.09. The summed E-state index contributed by atoms with van der Waals surface area (Å²) in [5, 5.41) is 0. The molecule has 3 aromatic rings. The number of hydrogen-bond donors (Lipinski definition) is 0. The normalized spacial score (nSPS) is 16.1. The quantitative estimate of drug-likeness (QED) is 0.346. The number of anilines is 3. The van der Waals surface area contributed by atoms with E-state index in [0.717, 1.165) is 68.3 Å². The molecule has 9 nitrogen and oxygen atoms in total. The number of fused-ring (bicyclic) bond motifs is 1. The predicted octanol–water partition coefficient (Wildman–Crippen LogP) is 4.53. The molecule has 0 amide bonds. The van der Waals surface area contributed by atoms with Crippen molar-refractivity contribution in [1.82, 2.24) is 19.9 Å². The van der Waals surface area contributed by atoms with Crippen LogP contribution in [0.4, 0.5) is 17.5 Å². The van der Waals surface area contributed by atoms with E-state index in [0.29, 0.717) is 10.8 Å². The molecule has 0 radical (unpaired) electrons. The highest BCUT2D eigenvalue weighted by atomic mass is 32.2. The molecule has 0 bridgehead atoms. The fraction of sp³-hybridized carbons (Fsp3) is 0.500. The SMILES string of the molecule is CCCCCCc1cnc(N2CCC(Oc3cc(N4CCc5cc(S(C)(=O)=O)ccc54)ncn3)CC2)nc1. The summed E-state index contributed by atoms with van der Waals surface area (Å²) < 4.78 is 30.1. The number of nitrogens with zero attached hydrogens (tertiary/aromatic N) is 6. The second-order valence-corrected chi connectivity index (χ2v) is 12.2. The van der Waals surface area contributed by atoms with Crippen LogP contribution < -0.4 is 14.5 Å². The minimum atomic E-state index is -3.23. The molecule has 0 atom stereocenters. The van der Waals surface area contributed by atoms with Crippen LogP contribution in [0, 0.1) is 0 Å². The Kier molecular flexibility index (Phi) is 8.06. The molecule has 0 spiro atoms. The summed E-state index contributed by atoms with van der Waals surface area (Å²) in [4.78, 5) is 22.7. The molecular weight excluding hydrogens is 500 g/mol. The lowest BCUT2D eigenvalue weighted by Gasteiger charge is -2.32. The number of sulfone groups is 1. The first kappa shape index (κ1) is 26.3. The van der Waals surface area contributed by atoms with E-state index in [-0.39, 0.29) is 6.10 Å². The topological polar surface area (TPSA) is 101 Å². The van der Waals surface area contributed by atoms with Gasteiger partial charge in [-0.05, 0) is 48.6 Å². The molecule has 2 aliphatic heterocycles. The third kappa shape index (κ3) is 6.23. The number of hydrogen-bond acceptors (Lipinski definition) is 9. The van der Waals surface area contributed by atoms with E-state index in [2.05, 4.69) is 36.7 Å². The molecule has 4 heterocycles. The van der Waals surface area contributed by atoms with Crippen molar-refractivity contribution in [3.63, 3.8) is 0 Å². The van der Waals surface area contributed by atoms with Crippen molar-refractivity contribution in [2.75, 3.05) is 35.7 Å². The summed E-state index contributed by atoms with van der Waals surface area (Å²) in [6.07, 6.45) is 15.3. The smallest absolute Gasteiger partial charge is 0.225 e. The molecule has 202 valence electrons. The number of unbranched alkanes of at least 4 members (excludes halogenated alkanes) is 3. The molecule has 2 aliphatic rings. The van der Waals surface area contributed by atoms with E-state index in [4.69, 9.17) is 4.74 Å². The second-order valence-electron chi connectivity index (χ2n) is 10.2. The monoisotopic (exact) mass is 536 g/mol. The van der Waals surface area contributed by atoms with Gasteiger partial charge >= 0.3 is 0 Å². The molecule has 0 aliphatic carbocycles. The van der Waals surface area contributed by atoms with Gasteiger partial charge in [0, 0.05) is 62.9 Å². The van der Waals surface area contributed by atoms with Crippen molar-refractivity contribution in [2.24, 2.45) is 0 Å². The van der Waals surface area contributed by atoms with Crippen molar-refractivity contribution < 1.29 is 13.2 Å². The molecule has 5 rings (SSSR count). The van der Waals surface area contributed by atoms with Crippen molar-refractivity contribution in [3.05, 3.63) is 54.1 Å². The van der Waals surface area contributed by atoms with Crippen LogP contribution >= 0.6 is 0 Å². The second kappa shape index (κ2) is 11.6. The Morgan fingerprint density at radius 1 is 0.974 bits per heavy atom. The Morgan fingerprint density at radius 3 is 2.50 bits per heavy atom. The molecule has 0 unspecified atom stereocenters. The fourth-order valence-electron chi connectivity index (χ4n) is 5.13. The third-order valence-electron chi connectivity index (χ3n) is 7.30. The maximum absolute atomic E-state index is 11.9. The van der Waals surface area contributed by atoms with E-state index in [1.54, 1.807) is 12.1 Å². The maximum Gasteiger partial charge on any atom is 0.225 e. The molecule has 1 aromatic carbocycles. The average Bonchev–Trinajstić information content (AvgIpc) is 3.35. The van der Waals surface area contributed by atoms with Crippen LogP contribution in [-0.2, 0) is 22.7 Å². The Morgan fingerprint density at radius 2 is 1.76 bits per heavy atom. The summed E-state index contributed by atoms with van der Waals surface area (Å²) in [5.41, 5.74) is 3.19. The van der Waals surface area contributed by atoms with Crippen molar-refractivity contribution in [3.8, 4) is 5.88 Å². The van der Waals surface area contributed by atoms with Gasteiger partial charge in [0.1, 0.15) is 18.2 Å². The number of aromatic nitrogens is 4. The zero-order chi connectivity index (χ0) is 26.5. The third-order valence-corrected chi connectivity index (χ3v) is 8.41. The number of rotatable bonds is 10. The van der Waals surface area contributed by atoms with Gasteiger partial charge in [0.05, 0.1) is 4.90 Å². The maximum atomic E-state index is 11.9. The molecule has 2 aromatic heterocycles. The Hall–Kier alpha value is -3.27. The highest BCUT2D eigenvalue weighted by Gasteiger charge is 2.25. The largest absolute Gasteiger partial charge is 0.474 e. The number of piperidine rings is 1. The van der Waals surface area contributed by atoms with Gasteiger partial charge in [0.2, 0.25) is 11.8 Å². The Labute approximate surface area is 225 Å². The minimum absolute atomic E-state index is 0.0648. The van der Waals surface area contributed by atoms with Crippen LogP contribution in [0.5, 0.6) is 5.88 Å². The van der Waals surface area contributed by atoms with E-state index < -0.39 is 9.84 Å². The predicted molar refractivity (Wildman–Crippen MR) is 148 cm³/mol. The van der Waals surface area contributed by atoms with Gasteiger partial charge in [-0.25, -0.2) is 28.4 Å². The van der Waals surface area contributed by atoms with Crippen LogP contribution in [0.1, 0.15) is 56.6 Å². The number of benzene rings is 1. The van der Waals surface area contributed by atoms with E-state index >= 15 is 0 Å². The van der Waals surface area contributed by atoms with Gasteiger partial charge in [0.15, 0.2) is 9.84 Å². The fourth-order valence-corrected chi connectivity index (χ4v) is 5.80. The summed E-state index contributed by atoms with van der Waals surface area (Å²) in [7, 11) is -3.23. The average molecular weight is 537 g/mol. The van der Waals surface area contributed by atoms with Crippen LogP contribution in [0.15, 0.2) is 47.9 Å². The molecule has 0 N–H and O–H groups in total. The summed E-state index contributed by atoms with van der Waals surface area (Å²) >= 11 is 0. The molecule has 0 saturated carbocycles. The van der Waals surface area contributed by atoms with E-state index in [1.165, 1.54) is 43.8 Å². The first-order valence-corrected chi connectivity index (χ1v) is 15.4. The van der Waals surface area contributed by atoms with E-state index in [1.807, 2.05) is 24.5 Å². The highest BCUT2D eigenvalue weighted by Crippen LogP contribution is 2.35. The van der Waals surface area contributed by atoms with Crippen molar-refractivity contribution in [2.45, 2.75) is 69.3 Å². The molecular formula is C28H36N6O3S. The van der Waals surface area contributed by atoms with Crippen LogP contribution in [-0.4, -0.2) is 60.3 Å². The number of aryl methyl sites for hydroxylation is 1.